The summed E-state index contributed by atoms with van der Waals surface area (Å²) in [6.45, 7) is 4.14. The number of nitrogens with zero attached hydrogens (tertiary/aromatic N) is 7. The van der Waals surface area contributed by atoms with Gasteiger partial charge in [-0.2, -0.15) is 9.78 Å². The minimum atomic E-state index is -0.993. The van der Waals surface area contributed by atoms with Crippen LogP contribution in [0, 0.1) is 17.0 Å². The minimum Gasteiger partial charge on any atom is -0.396 e. The van der Waals surface area contributed by atoms with E-state index in [-0.39, 0.29) is 47.4 Å². The average Bonchev–Trinajstić information content (AvgIpc) is 3.53. The first-order valence-corrected chi connectivity index (χ1v) is 12.1. The van der Waals surface area contributed by atoms with E-state index in [1.165, 1.54) is 29.2 Å². The van der Waals surface area contributed by atoms with E-state index >= 15 is 0 Å². The molecule has 1 aromatic carbocycles. The van der Waals surface area contributed by atoms with Crippen molar-refractivity contribution >= 4 is 0 Å². The van der Waals surface area contributed by atoms with Crippen molar-refractivity contribution in [2.45, 2.75) is 50.5 Å². The number of hydrogen-bond acceptors (Lipinski definition) is 8. The van der Waals surface area contributed by atoms with Gasteiger partial charge in [-0.3, -0.25) is 0 Å². The lowest BCUT2D eigenvalue weighted by Crippen LogP contribution is -2.38. The first-order chi connectivity index (χ1) is 17.8. The Balaban J connectivity index is 1.44. The zero-order chi connectivity index (χ0) is 25.9. The number of rotatable bonds is 6. The third-order valence-corrected chi connectivity index (χ3v) is 8.10. The Bertz CT molecular complexity index is 1490. The fourth-order valence-corrected chi connectivity index (χ4v) is 6.23. The summed E-state index contributed by atoms with van der Waals surface area (Å²) in [7, 11) is 0. The smallest absolute Gasteiger partial charge is 0.252 e. The molecule has 9 nitrogen and oxygen atoms in total. The molecule has 0 aliphatic heterocycles. The summed E-state index contributed by atoms with van der Waals surface area (Å²) in [4.78, 5) is 13.3. The monoisotopic (exact) mass is 505 g/mol. The van der Waals surface area contributed by atoms with Crippen molar-refractivity contribution in [1.82, 2.24) is 34.9 Å². The molecule has 3 heterocycles. The molecule has 2 bridgehead atoms. The van der Waals surface area contributed by atoms with Crippen molar-refractivity contribution in [1.29, 1.82) is 0 Å². The van der Waals surface area contributed by atoms with E-state index in [0.717, 1.165) is 29.8 Å². The average molecular weight is 506 g/mol. The molecule has 2 aliphatic carbocycles. The van der Waals surface area contributed by atoms with E-state index in [4.69, 9.17) is 10.1 Å². The van der Waals surface area contributed by atoms with Crippen LogP contribution in [-0.2, 0) is 5.41 Å². The molecule has 3 aromatic heterocycles. The van der Waals surface area contributed by atoms with E-state index in [1.54, 1.807) is 12.3 Å². The molecule has 0 unspecified atom stereocenters. The van der Waals surface area contributed by atoms with E-state index < -0.39 is 23.2 Å². The fourth-order valence-electron chi connectivity index (χ4n) is 6.23. The van der Waals surface area contributed by atoms with Gasteiger partial charge in [-0.25, -0.2) is 23.7 Å². The number of benzene rings is 1. The van der Waals surface area contributed by atoms with Crippen LogP contribution in [0.3, 0.4) is 0 Å². The topological polar surface area (TPSA) is 123 Å². The van der Waals surface area contributed by atoms with Crippen LogP contribution in [0.15, 0.2) is 42.9 Å². The number of aromatic nitrogens is 7. The second-order valence-electron chi connectivity index (χ2n) is 10.2. The maximum absolute atomic E-state index is 14.5. The third kappa shape index (κ3) is 3.33. The van der Waals surface area contributed by atoms with Crippen LogP contribution >= 0.6 is 0 Å². The minimum absolute atomic E-state index is 0.108. The number of aliphatic hydroxyl groups is 2. The van der Waals surface area contributed by atoms with E-state index in [9.17, 15) is 13.9 Å². The van der Waals surface area contributed by atoms with Gasteiger partial charge in [-0.1, -0.05) is 19.9 Å². The molecule has 2 N–H and O–H groups in total. The first-order valence-electron chi connectivity index (χ1n) is 12.1. The Morgan fingerprint density at radius 3 is 2.68 bits per heavy atom. The van der Waals surface area contributed by atoms with Gasteiger partial charge in [0.1, 0.15) is 24.1 Å². The van der Waals surface area contributed by atoms with E-state index in [2.05, 4.69) is 39.1 Å². The Hall–Kier alpha value is -3.70. The van der Waals surface area contributed by atoms with Crippen molar-refractivity contribution < 1.29 is 19.0 Å². The molecule has 6 rings (SSSR count). The zero-order valence-electron chi connectivity index (χ0n) is 20.3. The van der Waals surface area contributed by atoms with Crippen molar-refractivity contribution in [2.75, 3.05) is 6.61 Å². The van der Waals surface area contributed by atoms with Crippen molar-refractivity contribution in [2.24, 2.45) is 5.41 Å². The van der Waals surface area contributed by atoms with Crippen LogP contribution in [0.4, 0.5) is 8.78 Å². The summed E-state index contributed by atoms with van der Waals surface area (Å²) in [6.07, 6.45) is 3.85. The van der Waals surface area contributed by atoms with Crippen molar-refractivity contribution in [3.8, 4) is 17.2 Å². The maximum atomic E-state index is 14.5. The Labute approximate surface area is 211 Å². The van der Waals surface area contributed by atoms with Gasteiger partial charge >= 0.3 is 0 Å². The number of hydrogen-bond donors (Lipinski definition) is 2. The van der Waals surface area contributed by atoms with Gasteiger partial charge in [-0.15, -0.1) is 10.2 Å². The molecule has 2 aliphatic rings. The lowest BCUT2D eigenvalue weighted by atomic mass is 9.66. The molecule has 0 saturated heterocycles. The van der Waals surface area contributed by atoms with Crippen LogP contribution in [0.25, 0.3) is 17.2 Å². The highest BCUT2D eigenvalue weighted by Gasteiger charge is 2.65. The van der Waals surface area contributed by atoms with Gasteiger partial charge in [0, 0.05) is 19.2 Å². The van der Waals surface area contributed by atoms with Crippen molar-refractivity contribution in [3.63, 3.8) is 0 Å². The summed E-state index contributed by atoms with van der Waals surface area (Å²) >= 11 is 0. The molecule has 0 radical (unpaired) electrons. The summed E-state index contributed by atoms with van der Waals surface area (Å²) < 4.78 is 30.4. The molecule has 1 fully saturated rings. The van der Waals surface area contributed by atoms with Crippen LogP contribution in [0.2, 0.25) is 0 Å². The molecular formula is C26H25F2N7O2. The van der Waals surface area contributed by atoms with Gasteiger partial charge in [0.15, 0.2) is 5.82 Å². The molecule has 37 heavy (non-hydrogen) atoms. The molecule has 4 aromatic rings. The maximum Gasteiger partial charge on any atom is 0.252 e. The number of fused-ring (bicyclic) bond motifs is 5. The van der Waals surface area contributed by atoms with Crippen LogP contribution < -0.4 is 0 Å². The molecule has 0 spiro atoms. The summed E-state index contributed by atoms with van der Waals surface area (Å²) in [5.74, 6) is -0.789. The molecule has 1 saturated carbocycles. The molecule has 11 heteroatoms. The predicted octanol–water partition coefficient (Wildman–Crippen LogP) is 3.41. The number of aliphatic hydroxyl groups excluding tert-OH is 2. The SMILES string of the molecule is CC1(C)[C@H]2CC[C@]1(c1ccnc(-n3cnc([C@@H](O)CCO)n3)n1)c1nnc(-c3c(F)cccc3F)cc12. The molecule has 0 amide bonds. The van der Waals surface area contributed by atoms with E-state index in [0.29, 0.717) is 0 Å². The van der Waals surface area contributed by atoms with Crippen LogP contribution in [0.1, 0.15) is 67.9 Å². The molecule has 190 valence electrons. The fraction of sp³-hybridized carbons (Fsp3) is 0.385. The summed E-state index contributed by atoms with van der Waals surface area (Å²) in [5.41, 5.74) is 1.55. The van der Waals surface area contributed by atoms with Gasteiger partial charge < -0.3 is 10.2 Å². The van der Waals surface area contributed by atoms with Gasteiger partial charge in [-0.05, 0) is 54.0 Å². The molecule has 3 atom stereocenters. The standard InChI is InChI=1S/C26H25F2N7O2/c1-25(2)15-6-9-26(25,22-14(15)12-18(32-33-22)21-16(27)4-3-5-17(21)28)20-7-10-29-24(31-20)35-13-30-23(34-35)19(37)8-11-36/h3-5,7,10,12-13,15,19,36-37H,6,8-9,11H2,1-2H3/t15-,19-,26-/m0/s1. The Morgan fingerprint density at radius 2 is 1.92 bits per heavy atom. The highest BCUT2D eigenvalue weighted by molar-refractivity contribution is 5.64. The molecular weight excluding hydrogens is 480 g/mol. The van der Waals surface area contributed by atoms with Gasteiger partial charge in [0.25, 0.3) is 5.95 Å². The predicted molar refractivity (Wildman–Crippen MR) is 128 cm³/mol. The third-order valence-electron chi connectivity index (χ3n) is 8.10. The number of halogens is 2. The first kappa shape index (κ1) is 23.7. The quantitative estimate of drug-likeness (QED) is 0.409. The van der Waals surface area contributed by atoms with Crippen molar-refractivity contribution in [3.05, 3.63) is 77.3 Å². The Kier molecular flexibility index (Phi) is 5.39. The Morgan fingerprint density at radius 1 is 1.14 bits per heavy atom. The van der Waals surface area contributed by atoms with E-state index in [1.807, 2.05) is 6.07 Å². The van der Waals surface area contributed by atoms with Gasteiger partial charge in [0.05, 0.1) is 28.1 Å². The van der Waals surface area contributed by atoms with Gasteiger partial charge in [0.2, 0.25) is 0 Å². The lowest BCUT2D eigenvalue weighted by Gasteiger charge is -2.37. The lowest BCUT2D eigenvalue weighted by molar-refractivity contribution is 0.126. The van der Waals surface area contributed by atoms with Crippen LogP contribution in [0.5, 0.6) is 0 Å². The second kappa shape index (κ2) is 8.42. The highest BCUT2D eigenvalue weighted by atomic mass is 19.1. The largest absolute Gasteiger partial charge is 0.396 e. The summed E-state index contributed by atoms with van der Waals surface area (Å²) in [6, 6.07) is 7.38. The second-order valence-corrected chi connectivity index (χ2v) is 10.2. The zero-order valence-corrected chi connectivity index (χ0v) is 20.3. The van der Waals surface area contributed by atoms with Crippen LogP contribution in [-0.4, -0.2) is 51.7 Å². The normalized spacial score (nSPS) is 22.3. The highest BCUT2D eigenvalue weighted by Crippen LogP contribution is 2.69. The summed E-state index contributed by atoms with van der Waals surface area (Å²) in [5, 5.41) is 32.3.